The Balaban J connectivity index is 2.20. The number of rotatable bonds is 3. The maximum Gasteiger partial charge on any atom is 0.352 e. The third-order valence-corrected chi connectivity index (χ3v) is 3.41. The van der Waals surface area contributed by atoms with E-state index >= 15 is 0 Å². The molecule has 1 aromatic heterocycles. The number of hydrogen-bond acceptors (Lipinski definition) is 1. The second-order valence-electron chi connectivity index (χ2n) is 4.68. The number of benzene rings is 2. The van der Waals surface area contributed by atoms with E-state index in [0.29, 0.717) is 10.9 Å². The van der Waals surface area contributed by atoms with Crippen molar-refractivity contribution >= 4 is 16.9 Å². The number of aromatic carboxylic acids is 1. The predicted octanol–water partition coefficient (Wildman–Crippen LogP) is 3.67. The van der Waals surface area contributed by atoms with Gasteiger partial charge in [0.05, 0.1) is 6.54 Å². The highest BCUT2D eigenvalue weighted by Crippen LogP contribution is 2.23. The summed E-state index contributed by atoms with van der Waals surface area (Å²) in [6.07, 6.45) is 0. The summed E-state index contributed by atoms with van der Waals surface area (Å²) >= 11 is 0. The van der Waals surface area contributed by atoms with Crippen LogP contribution >= 0.6 is 0 Å². The molecule has 3 rings (SSSR count). The Hall–Kier alpha value is -2.69. The Morgan fingerprint density at radius 3 is 2.38 bits per heavy atom. The monoisotopic (exact) mass is 287 g/mol. The molecule has 3 aromatic rings. The maximum atomic E-state index is 13.8. The van der Waals surface area contributed by atoms with Crippen molar-refractivity contribution in [3.63, 3.8) is 0 Å². The van der Waals surface area contributed by atoms with Crippen molar-refractivity contribution in [2.24, 2.45) is 0 Å². The van der Waals surface area contributed by atoms with E-state index < -0.39 is 17.6 Å². The van der Waals surface area contributed by atoms with E-state index in [1.165, 1.54) is 16.7 Å². The van der Waals surface area contributed by atoms with Crippen LogP contribution in [0.2, 0.25) is 0 Å². The Kier molecular flexibility index (Phi) is 3.17. The zero-order valence-corrected chi connectivity index (χ0v) is 10.9. The van der Waals surface area contributed by atoms with Crippen molar-refractivity contribution in [2.45, 2.75) is 6.54 Å². The minimum absolute atomic E-state index is 0.00106. The highest BCUT2D eigenvalue weighted by atomic mass is 19.1. The third-order valence-electron chi connectivity index (χ3n) is 3.41. The van der Waals surface area contributed by atoms with E-state index in [4.69, 9.17) is 0 Å². The van der Waals surface area contributed by atoms with Crippen LogP contribution in [0.3, 0.4) is 0 Å². The van der Waals surface area contributed by atoms with Gasteiger partial charge in [-0.2, -0.15) is 0 Å². The summed E-state index contributed by atoms with van der Waals surface area (Å²) in [5.74, 6) is -2.52. The van der Waals surface area contributed by atoms with Crippen molar-refractivity contribution < 1.29 is 18.7 Å². The lowest BCUT2D eigenvalue weighted by atomic mass is 10.2. The topological polar surface area (TPSA) is 42.2 Å². The molecule has 0 radical (unpaired) electrons. The van der Waals surface area contributed by atoms with Crippen LogP contribution in [-0.2, 0) is 6.54 Å². The highest BCUT2D eigenvalue weighted by Gasteiger charge is 2.17. The van der Waals surface area contributed by atoms with E-state index in [2.05, 4.69) is 0 Å². The van der Waals surface area contributed by atoms with Crippen molar-refractivity contribution in [1.82, 2.24) is 4.57 Å². The van der Waals surface area contributed by atoms with Crippen LogP contribution in [0.5, 0.6) is 0 Å². The van der Waals surface area contributed by atoms with Crippen molar-refractivity contribution in [3.05, 3.63) is 71.4 Å². The molecule has 5 heteroatoms. The number of para-hydroxylation sites is 1. The van der Waals surface area contributed by atoms with Gasteiger partial charge in [0.1, 0.15) is 17.3 Å². The maximum absolute atomic E-state index is 13.8. The summed E-state index contributed by atoms with van der Waals surface area (Å²) < 4.78 is 29.0. The van der Waals surface area contributed by atoms with E-state index in [0.717, 1.165) is 12.1 Å². The smallest absolute Gasteiger partial charge is 0.352 e. The Morgan fingerprint density at radius 2 is 1.71 bits per heavy atom. The van der Waals surface area contributed by atoms with Gasteiger partial charge in [-0.15, -0.1) is 0 Å². The zero-order valence-electron chi connectivity index (χ0n) is 10.9. The van der Waals surface area contributed by atoms with Gasteiger partial charge in [0.25, 0.3) is 0 Å². The molecule has 3 nitrogen and oxygen atoms in total. The number of nitrogens with zero attached hydrogens (tertiary/aromatic N) is 1. The molecule has 0 aliphatic heterocycles. The van der Waals surface area contributed by atoms with Gasteiger partial charge in [0.2, 0.25) is 0 Å². The van der Waals surface area contributed by atoms with Gasteiger partial charge in [0.15, 0.2) is 0 Å². The van der Waals surface area contributed by atoms with Crippen LogP contribution in [0.15, 0.2) is 48.5 Å². The van der Waals surface area contributed by atoms with Gasteiger partial charge in [-0.05, 0) is 24.3 Å². The van der Waals surface area contributed by atoms with Crippen LogP contribution in [0.4, 0.5) is 8.78 Å². The molecular formula is C16H11F2NO2. The average Bonchev–Trinajstić information content (AvgIpc) is 2.82. The number of carboxylic acids is 1. The second-order valence-corrected chi connectivity index (χ2v) is 4.68. The zero-order chi connectivity index (χ0) is 15.0. The predicted molar refractivity (Wildman–Crippen MR) is 74.4 cm³/mol. The standard InChI is InChI=1S/C16H11F2NO2/c17-12-5-3-6-13(18)11(12)9-19-14-7-2-1-4-10(14)8-15(19)16(20)21/h1-8H,9H2,(H,20,21). The number of carboxylic acid groups (broad SMARTS) is 1. The van der Waals surface area contributed by atoms with E-state index in [1.807, 2.05) is 0 Å². The molecule has 0 aliphatic carbocycles. The van der Waals surface area contributed by atoms with Gasteiger partial charge >= 0.3 is 5.97 Å². The number of fused-ring (bicyclic) bond motifs is 1. The first kappa shape index (κ1) is 13.3. The van der Waals surface area contributed by atoms with Crippen LogP contribution in [0.25, 0.3) is 10.9 Å². The number of aromatic nitrogens is 1. The first-order valence-corrected chi connectivity index (χ1v) is 6.32. The molecule has 1 heterocycles. The first-order chi connectivity index (χ1) is 10.1. The van der Waals surface area contributed by atoms with Crippen LogP contribution in [0.1, 0.15) is 16.1 Å². The van der Waals surface area contributed by atoms with E-state index in [1.54, 1.807) is 24.3 Å². The lowest BCUT2D eigenvalue weighted by Crippen LogP contribution is -2.11. The lowest BCUT2D eigenvalue weighted by Gasteiger charge is -2.10. The summed E-state index contributed by atoms with van der Waals surface area (Å²) in [6.45, 7) is -0.173. The van der Waals surface area contributed by atoms with Gasteiger partial charge in [0, 0.05) is 16.5 Å². The fraction of sp³-hybridized carbons (Fsp3) is 0.0625. The lowest BCUT2D eigenvalue weighted by molar-refractivity contribution is 0.0686. The van der Waals surface area contributed by atoms with Crippen molar-refractivity contribution in [1.29, 1.82) is 0 Å². The molecule has 2 aromatic carbocycles. The van der Waals surface area contributed by atoms with Gasteiger partial charge in [-0.25, -0.2) is 13.6 Å². The molecule has 0 unspecified atom stereocenters. The molecule has 0 atom stereocenters. The van der Waals surface area contributed by atoms with Crippen LogP contribution < -0.4 is 0 Å². The Bertz CT molecular complexity index is 819. The SMILES string of the molecule is O=C(O)c1cc2ccccc2n1Cc1c(F)cccc1F. The molecule has 0 amide bonds. The first-order valence-electron chi connectivity index (χ1n) is 6.32. The normalized spacial score (nSPS) is 11.0. The fourth-order valence-electron chi connectivity index (χ4n) is 2.40. The number of halogens is 2. The van der Waals surface area contributed by atoms with E-state index in [-0.39, 0.29) is 17.8 Å². The third kappa shape index (κ3) is 2.27. The summed E-state index contributed by atoms with van der Waals surface area (Å²) in [7, 11) is 0. The molecule has 0 bridgehead atoms. The number of hydrogen-bond donors (Lipinski definition) is 1. The Morgan fingerprint density at radius 1 is 1.05 bits per heavy atom. The second kappa shape index (κ2) is 5.01. The van der Waals surface area contributed by atoms with Crippen molar-refractivity contribution in [3.8, 4) is 0 Å². The molecule has 0 spiro atoms. The molecule has 1 N–H and O–H groups in total. The molecule has 0 saturated carbocycles. The quantitative estimate of drug-likeness (QED) is 0.798. The molecule has 0 saturated heterocycles. The largest absolute Gasteiger partial charge is 0.477 e. The summed E-state index contributed by atoms with van der Waals surface area (Å²) in [6, 6.07) is 12.1. The van der Waals surface area contributed by atoms with Crippen molar-refractivity contribution in [2.75, 3.05) is 0 Å². The molecule has 0 aliphatic rings. The Labute approximate surface area is 119 Å². The van der Waals surface area contributed by atoms with Gasteiger partial charge < -0.3 is 9.67 Å². The van der Waals surface area contributed by atoms with Gasteiger partial charge in [-0.1, -0.05) is 24.3 Å². The molecule has 106 valence electrons. The highest BCUT2D eigenvalue weighted by molar-refractivity contribution is 5.94. The van der Waals surface area contributed by atoms with E-state index in [9.17, 15) is 18.7 Å². The minimum atomic E-state index is -1.14. The summed E-state index contributed by atoms with van der Waals surface area (Å²) in [5.41, 5.74) is 0.470. The van der Waals surface area contributed by atoms with Crippen LogP contribution in [0, 0.1) is 11.6 Å². The number of carbonyl (C=O) groups is 1. The summed E-state index contributed by atoms with van der Waals surface area (Å²) in [4.78, 5) is 11.3. The molecule has 21 heavy (non-hydrogen) atoms. The average molecular weight is 287 g/mol. The van der Waals surface area contributed by atoms with Gasteiger partial charge in [-0.3, -0.25) is 0 Å². The molecule has 0 fully saturated rings. The van der Waals surface area contributed by atoms with Crippen LogP contribution in [-0.4, -0.2) is 15.6 Å². The molecular weight excluding hydrogens is 276 g/mol. The summed E-state index contributed by atoms with van der Waals surface area (Å²) in [5, 5.41) is 9.99. The minimum Gasteiger partial charge on any atom is -0.477 e. The fourth-order valence-corrected chi connectivity index (χ4v) is 2.40.